The molecule has 0 bridgehead atoms. The fourth-order valence-corrected chi connectivity index (χ4v) is 1.88. The number of hydrogen-bond donors (Lipinski definition) is 1. The Balaban J connectivity index is 2.40. The molecule has 0 aromatic carbocycles. The van der Waals surface area contributed by atoms with E-state index in [4.69, 9.17) is 5.73 Å². The van der Waals surface area contributed by atoms with Crippen LogP contribution in [0.1, 0.15) is 33.1 Å². The van der Waals surface area contributed by atoms with E-state index in [2.05, 4.69) is 0 Å². The van der Waals surface area contributed by atoms with Gasteiger partial charge in [0.1, 0.15) is 0 Å². The SMILES string of the molecule is CN(CC(=O)N1CCCC1)C(=O)CC(C)(C)N. The van der Waals surface area contributed by atoms with E-state index >= 15 is 0 Å². The first kappa shape index (κ1) is 14.0. The van der Waals surface area contributed by atoms with Crippen LogP contribution in [0, 0.1) is 0 Å². The van der Waals surface area contributed by atoms with E-state index in [1.807, 2.05) is 4.90 Å². The van der Waals surface area contributed by atoms with E-state index in [0.29, 0.717) is 0 Å². The lowest BCUT2D eigenvalue weighted by molar-refractivity contribution is -0.139. The summed E-state index contributed by atoms with van der Waals surface area (Å²) in [5.41, 5.74) is 5.26. The van der Waals surface area contributed by atoms with E-state index in [0.717, 1.165) is 25.9 Å². The molecule has 5 nitrogen and oxygen atoms in total. The zero-order valence-electron chi connectivity index (χ0n) is 11.0. The van der Waals surface area contributed by atoms with Crippen LogP contribution in [0.5, 0.6) is 0 Å². The van der Waals surface area contributed by atoms with Crippen molar-refractivity contribution in [3.63, 3.8) is 0 Å². The number of carbonyl (C=O) groups excluding carboxylic acids is 2. The Kier molecular flexibility index (Phi) is 4.51. The van der Waals surface area contributed by atoms with E-state index in [1.165, 1.54) is 4.90 Å². The Morgan fingerprint density at radius 3 is 2.29 bits per heavy atom. The first-order valence-corrected chi connectivity index (χ1v) is 6.10. The molecule has 1 aliphatic rings. The zero-order valence-corrected chi connectivity index (χ0v) is 11.0. The van der Waals surface area contributed by atoms with Crippen molar-refractivity contribution in [2.45, 2.75) is 38.6 Å². The minimum atomic E-state index is -0.526. The molecule has 0 radical (unpaired) electrons. The normalized spacial score (nSPS) is 16.1. The summed E-state index contributed by atoms with van der Waals surface area (Å²) in [5.74, 6) is -0.0433. The largest absolute Gasteiger partial charge is 0.341 e. The van der Waals surface area contributed by atoms with Crippen LogP contribution in [0.2, 0.25) is 0 Å². The van der Waals surface area contributed by atoms with E-state index in [9.17, 15) is 9.59 Å². The average Bonchev–Trinajstić information content (AvgIpc) is 2.67. The highest BCUT2D eigenvalue weighted by molar-refractivity contribution is 5.85. The predicted octanol–water partition coefficient (Wildman–Crippen LogP) is 0.195. The topological polar surface area (TPSA) is 66.6 Å². The molecule has 5 heteroatoms. The smallest absolute Gasteiger partial charge is 0.242 e. The Hall–Kier alpha value is -1.10. The molecule has 1 rings (SSSR count). The number of hydrogen-bond acceptors (Lipinski definition) is 3. The third kappa shape index (κ3) is 4.73. The number of nitrogens with zero attached hydrogens (tertiary/aromatic N) is 2. The molecule has 1 saturated heterocycles. The average molecular weight is 241 g/mol. The van der Waals surface area contributed by atoms with Gasteiger partial charge < -0.3 is 15.5 Å². The Bertz CT molecular complexity index is 291. The first-order valence-electron chi connectivity index (χ1n) is 6.10. The van der Waals surface area contributed by atoms with Crippen molar-refractivity contribution < 1.29 is 9.59 Å². The molecule has 17 heavy (non-hydrogen) atoms. The fraction of sp³-hybridized carbons (Fsp3) is 0.833. The Morgan fingerprint density at radius 2 is 1.82 bits per heavy atom. The summed E-state index contributed by atoms with van der Waals surface area (Å²) in [5, 5.41) is 0. The Labute approximate surface area is 103 Å². The molecular weight excluding hydrogens is 218 g/mol. The van der Waals surface area contributed by atoms with Gasteiger partial charge in [0.2, 0.25) is 11.8 Å². The molecule has 2 amide bonds. The molecule has 0 saturated carbocycles. The van der Waals surface area contributed by atoms with Crippen LogP contribution < -0.4 is 5.73 Å². The summed E-state index contributed by atoms with van der Waals surface area (Å²) in [7, 11) is 1.65. The number of nitrogens with two attached hydrogens (primary N) is 1. The maximum absolute atomic E-state index is 11.8. The third-order valence-electron chi connectivity index (χ3n) is 2.86. The maximum Gasteiger partial charge on any atom is 0.242 e. The van der Waals surface area contributed by atoms with Crippen LogP contribution in [0.15, 0.2) is 0 Å². The molecular formula is C12H23N3O2. The summed E-state index contributed by atoms with van der Waals surface area (Å²) in [4.78, 5) is 26.9. The molecule has 1 aliphatic heterocycles. The lowest BCUT2D eigenvalue weighted by Crippen LogP contribution is -2.44. The minimum Gasteiger partial charge on any atom is -0.341 e. The van der Waals surface area contributed by atoms with Crippen molar-refractivity contribution in [3.8, 4) is 0 Å². The van der Waals surface area contributed by atoms with E-state index < -0.39 is 5.54 Å². The predicted molar refractivity (Wildman–Crippen MR) is 66.3 cm³/mol. The van der Waals surface area contributed by atoms with Gasteiger partial charge in [0.15, 0.2) is 0 Å². The van der Waals surface area contributed by atoms with Crippen molar-refractivity contribution in [3.05, 3.63) is 0 Å². The van der Waals surface area contributed by atoms with Gasteiger partial charge in [-0.25, -0.2) is 0 Å². The summed E-state index contributed by atoms with van der Waals surface area (Å²) in [6.07, 6.45) is 2.40. The molecule has 0 aromatic heterocycles. The number of rotatable bonds is 4. The van der Waals surface area contributed by atoms with Gasteiger partial charge in [-0.15, -0.1) is 0 Å². The molecule has 0 aliphatic carbocycles. The van der Waals surface area contributed by atoms with Crippen molar-refractivity contribution in [2.75, 3.05) is 26.7 Å². The summed E-state index contributed by atoms with van der Waals surface area (Å²) in [6, 6.07) is 0. The van der Waals surface area contributed by atoms with Crippen LogP contribution in [0.25, 0.3) is 0 Å². The highest BCUT2D eigenvalue weighted by Gasteiger charge is 2.23. The van der Waals surface area contributed by atoms with Crippen LogP contribution in [-0.2, 0) is 9.59 Å². The zero-order chi connectivity index (χ0) is 13.1. The van der Waals surface area contributed by atoms with Crippen LogP contribution >= 0.6 is 0 Å². The molecule has 98 valence electrons. The first-order chi connectivity index (χ1) is 7.79. The fourth-order valence-electron chi connectivity index (χ4n) is 1.88. The second-order valence-corrected chi connectivity index (χ2v) is 5.50. The minimum absolute atomic E-state index is 0.0353. The van der Waals surface area contributed by atoms with Crippen molar-refractivity contribution in [1.29, 1.82) is 0 Å². The van der Waals surface area contributed by atoms with Crippen molar-refractivity contribution >= 4 is 11.8 Å². The number of likely N-dealkylation sites (N-methyl/N-ethyl adjacent to an activating group) is 1. The van der Waals surface area contributed by atoms with Crippen LogP contribution in [-0.4, -0.2) is 53.8 Å². The molecule has 0 spiro atoms. The molecule has 0 atom stereocenters. The lowest BCUT2D eigenvalue weighted by atomic mass is 10.0. The van der Waals surface area contributed by atoms with Gasteiger partial charge >= 0.3 is 0 Å². The van der Waals surface area contributed by atoms with Crippen molar-refractivity contribution in [2.24, 2.45) is 5.73 Å². The summed E-state index contributed by atoms with van der Waals surface area (Å²) >= 11 is 0. The number of amides is 2. The second-order valence-electron chi connectivity index (χ2n) is 5.50. The molecule has 1 fully saturated rings. The molecule has 2 N–H and O–H groups in total. The summed E-state index contributed by atoms with van der Waals surface area (Å²) in [6.45, 7) is 5.42. The number of carbonyl (C=O) groups is 2. The highest BCUT2D eigenvalue weighted by Crippen LogP contribution is 2.09. The van der Waals surface area contributed by atoms with E-state index in [1.54, 1.807) is 20.9 Å². The quantitative estimate of drug-likeness (QED) is 0.764. The van der Waals surface area contributed by atoms with Crippen molar-refractivity contribution in [1.82, 2.24) is 9.80 Å². The van der Waals surface area contributed by atoms with Gasteiger partial charge in [-0.05, 0) is 26.7 Å². The monoisotopic (exact) mass is 241 g/mol. The molecule has 0 aromatic rings. The van der Waals surface area contributed by atoms with Gasteiger partial charge in [0, 0.05) is 32.1 Å². The number of likely N-dealkylation sites (tertiary alicyclic amines) is 1. The molecule has 0 unspecified atom stereocenters. The molecule has 1 heterocycles. The highest BCUT2D eigenvalue weighted by atomic mass is 16.2. The third-order valence-corrected chi connectivity index (χ3v) is 2.86. The standard InChI is InChI=1S/C12H23N3O2/c1-12(2,13)8-10(16)14(3)9-11(17)15-6-4-5-7-15/h4-9,13H2,1-3H3. The van der Waals surface area contributed by atoms with E-state index in [-0.39, 0.29) is 24.8 Å². The van der Waals surface area contributed by atoms with Gasteiger partial charge in [0.05, 0.1) is 6.54 Å². The van der Waals surface area contributed by atoms with Crippen LogP contribution in [0.4, 0.5) is 0 Å². The van der Waals surface area contributed by atoms with Gasteiger partial charge in [-0.2, -0.15) is 0 Å². The Morgan fingerprint density at radius 1 is 1.29 bits per heavy atom. The van der Waals surface area contributed by atoms with Crippen LogP contribution in [0.3, 0.4) is 0 Å². The second kappa shape index (κ2) is 5.49. The maximum atomic E-state index is 11.8. The lowest BCUT2D eigenvalue weighted by Gasteiger charge is -2.24. The van der Waals surface area contributed by atoms with Gasteiger partial charge in [0.25, 0.3) is 0 Å². The van der Waals surface area contributed by atoms with Gasteiger partial charge in [-0.3, -0.25) is 9.59 Å². The van der Waals surface area contributed by atoms with Gasteiger partial charge in [-0.1, -0.05) is 0 Å². The summed E-state index contributed by atoms with van der Waals surface area (Å²) < 4.78 is 0.